The molecule has 0 radical (unpaired) electrons. The van der Waals surface area contributed by atoms with E-state index >= 15 is 0 Å². The fraction of sp³-hybridized carbons (Fsp3) is 0.476. The van der Waals surface area contributed by atoms with Crippen molar-refractivity contribution in [2.75, 3.05) is 33.9 Å². The van der Waals surface area contributed by atoms with Crippen LogP contribution in [0.2, 0.25) is 0 Å². The number of carbonyl (C=O) groups excluding carboxylic acids is 1. The van der Waals surface area contributed by atoms with Crippen LogP contribution in [0.15, 0.2) is 35.0 Å². The molecule has 0 bridgehead atoms. The summed E-state index contributed by atoms with van der Waals surface area (Å²) in [6, 6.07) is 7.63. The fourth-order valence-corrected chi connectivity index (χ4v) is 4.27. The van der Waals surface area contributed by atoms with Crippen LogP contribution < -0.4 is 14.8 Å². The van der Waals surface area contributed by atoms with Crippen LogP contribution in [0.25, 0.3) is 0 Å². The van der Waals surface area contributed by atoms with Gasteiger partial charge in [0.25, 0.3) is 5.91 Å². The molecule has 5 nitrogen and oxygen atoms in total. The molecule has 1 aromatic heterocycles. The lowest BCUT2D eigenvalue weighted by atomic mass is 10.1. The Bertz CT molecular complexity index is 703. The molecule has 0 spiro atoms. The van der Waals surface area contributed by atoms with Crippen LogP contribution in [0.5, 0.6) is 11.5 Å². The van der Waals surface area contributed by atoms with Crippen molar-refractivity contribution in [2.45, 2.75) is 31.7 Å². The summed E-state index contributed by atoms with van der Waals surface area (Å²) in [6.07, 6.45) is 5.04. The number of methoxy groups -OCH3 is 2. The number of hydrogen-bond donors (Lipinski definition) is 1. The number of carbonyl (C=O) groups is 1. The maximum Gasteiger partial charge on any atom is 0.251 e. The second kappa shape index (κ2) is 9.76. The van der Waals surface area contributed by atoms with Gasteiger partial charge in [-0.15, -0.1) is 0 Å². The molecule has 1 amide bonds. The average Bonchev–Trinajstić information content (AvgIpc) is 3.10. The molecule has 2 aromatic rings. The smallest absolute Gasteiger partial charge is 0.251 e. The van der Waals surface area contributed by atoms with Crippen LogP contribution in [0.4, 0.5) is 0 Å². The van der Waals surface area contributed by atoms with Crippen molar-refractivity contribution >= 4 is 17.2 Å². The molecule has 6 heteroatoms. The van der Waals surface area contributed by atoms with Crippen molar-refractivity contribution in [1.82, 2.24) is 10.2 Å². The zero-order valence-corrected chi connectivity index (χ0v) is 16.9. The molecule has 1 saturated heterocycles. The lowest BCUT2D eigenvalue weighted by Crippen LogP contribution is -2.38. The van der Waals surface area contributed by atoms with E-state index in [0.717, 1.165) is 13.1 Å². The monoisotopic (exact) mass is 388 g/mol. The van der Waals surface area contributed by atoms with Crippen molar-refractivity contribution < 1.29 is 14.3 Å². The van der Waals surface area contributed by atoms with Gasteiger partial charge < -0.3 is 14.8 Å². The van der Waals surface area contributed by atoms with Gasteiger partial charge in [0, 0.05) is 18.2 Å². The number of hydrogen-bond acceptors (Lipinski definition) is 5. The highest BCUT2D eigenvalue weighted by atomic mass is 32.1. The largest absolute Gasteiger partial charge is 0.497 e. The van der Waals surface area contributed by atoms with Gasteiger partial charge in [0.05, 0.1) is 20.3 Å². The van der Waals surface area contributed by atoms with E-state index in [0.29, 0.717) is 23.6 Å². The Hall–Kier alpha value is -2.05. The van der Waals surface area contributed by atoms with Crippen LogP contribution in [0.1, 0.15) is 47.6 Å². The molecule has 1 aliphatic rings. The van der Waals surface area contributed by atoms with E-state index in [4.69, 9.17) is 9.47 Å². The van der Waals surface area contributed by atoms with Crippen LogP contribution in [-0.4, -0.2) is 44.7 Å². The van der Waals surface area contributed by atoms with Crippen LogP contribution in [0.3, 0.4) is 0 Å². The SMILES string of the molecule is COc1cc(OC)cc(C(=O)NCC(c2ccsc2)N2CCCCCC2)c1. The summed E-state index contributed by atoms with van der Waals surface area (Å²) in [5, 5.41) is 7.42. The Morgan fingerprint density at radius 2 is 1.78 bits per heavy atom. The summed E-state index contributed by atoms with van der Waals surface area (Å²) in [4.78, 5) is 15.3. The second-order valence-electron chi connectivity index (χ2n) is 6.83. The number of likely N-dealkylation sites (tertiary alicyclic amines) is 1. The molecular formula is C21H28N2O3S. The van der Waals surface area contributed by atoms with Gasteiger partial charge >= 0.3 is 0 Å². The summed E-state index contributed by atoms with van der Waals surface area (Å²) in [5.41, 5.74) is 1.83. The molecule has 1 aliphatic heterocycles. The van der Waals surface area contributed by atoms with Gasteiger partial charge in [-0.25, -0.2) is 0 Å². The minimum atomic E-state index is -0.109. The Balaban J connectivity index is 1.72. The van der Waals surface area contributed by atoms with Gasteiger partial charge in [-0.05, 0) is 60.5 Å². The number of ether oxygens (including phenoxy) is 2. The third kappa shape index (κ3) is 5.23. The molecule has 0 saturated carbocycles. The number of rotatable bonds is 7. The number of amides is 1. The topological polar surface area (TPSA) is 50.8 Å². The molecular weight excluding hydrogens is 360 g/mol. The molecule has 146 valence electrons. The maximum absolute atomic E-state index is 12.8. The molecule has 0 aliphatic carbocycles. The standard InChI is InChI=1S/C21H28N2O3S/c1-25-18-11-17(12-19(13-18)26-2)21(24)22-14-20(16-7-10-27-15-16)23-8-5-3-4-6-9-23/h7,10-13,15,20H,3-6,8-9,14H2,1-2H3,(H,22,24). The molecule has 1 N–H and O–H groups in total. The molecule has 1 aromatic carbocycles. The molecule has 3 rings (SSSR count). The molecule has 2 heterocycles. The minimum absolute atomic E-state index is 0.109. The molecule has 1 unspecified atom stereocenters. The van der Waals surface area contributed by atoms with Gasteiger partial charge in [0.15, 0.2) is 0 Å². The number of thiophene rings is 1. The predicted octanol–water partition coefficient (Wildman–Crippen LogP) is 4.11. The lowest BCUT2D eigenvalue weighted by Gasteiger charge is -2.30. The third-order valence-electron chi connectivity index (χ3n) is 5.08. The summed E-state index contributed by atoms with van der Waals surface area (Å²) < 4.78 is 10.5. The Kier molecular flexibility index (Phi) is 7.12. The first-order valence-corrected chi connectivity index (χ1v) is 10.4. The molecule has 1 fully saturated rings. The van der Waals surface area contributed by atoms with E-state index < -0.39 is 0 Å². The summed E-state index contributed by atoms with van der Waals surface area (Å²) >= 11 is 1.71. The van der Waals surface area contributed by atoms with E-state index in [1.54, 1.807) is 43.8 Å². The fourth-order valence-electron chi connectivity index (χ4n) is 3.56. The van der Waals surface area contributed by atoms with Gasteiger partial charge in [-0.1, -0.05) is 12.8 Å². The first-order valence-electron chi connectivity index (χ1n) is 9.48. The molecule has 1 atom stereocenters. The third-order valence-corrected chi connectivity index (χ3v) is 5.78. The normalized spacial score (nSPS) is 16.4. The Labute approximate surface area is 165 Å². The van der Waals surface area contributed by atoms with Crippen LogP contribution in [0, 0.1) is 0 Å². The van der Waals surface area contributed by atoms with E-state index in [9.17, 15) is 4.79 Å². The van der Waals surface area contributed by atoms with E-state index in [1.807, 2.05) is 0 Å². The second-order valence-corrected chi connectivity index (χ2v) is 7.61. The lowest BCUT2D eigenvalue weighted by molar-refractivity contribution is 0.0932. The highest BCUT2D eigenvalue weighted by molar-refractivity contribution is 7.07. The number of nitrogens with one attached hydrogen (secondary N) is 1. The summed E-state index contributed by atoms with van der Waals surface area (Å²) in [6.45, 7) is 2.77. The molecule has 27 heavy (non-hydrogen) atoms. The number of benzene rings is 1. The first kappa shape index (κ1) is 19.7. The van der Waals surface area contributed by atoms with Gasteiger partial charge in [0.2, 0.25) is 0 Å². The van der Waals surface area contributed by atoms with Crippen molar-refractivity contribution in [1.29, 1.82) is 0 Å². The Morgan fingerprint density at radius 1 is 1.11 bits per heavy atom. The zero-order chi connectivity index (χ0) is 19.1. The predicted molar refractivity (Wildman–Crippen MR) is 109 cm³/mol. The van der Waals surface area contributed by atoms with Crippen molar-refractivity contribution in [2.24, 2.45) is 0 Å². The van der Waals surface area contributed by atoms with Crippen LogP contribution >= 0.6 is 11.3 Å². The van der Waals surface area contributed by atoms with E-state index in [1.165, 1.54) is 31.2 Å². The highest BCUT2D eigenvalue weighted by Crippen LogP contribution is 2.26. The van der Waals surface area contributed by atoms with Crippen molar-refractivity contribution in [3.8, 4) is 11.5 Å². The number of nitrogens with zero attached hydrogens (tertiary/aromatic N) is 1. The minimum Gasteiger partial charge on any atom is -0.497 e. The van der Waals surface area contributed by atoms with Crippen LogP contribution in [-0.2, 0) is 0 Å². The average molecular weight is 389 g/mol. The summed E-state index contributed by atoms with van der Waals surface area (Å²) in [7, 11) is 3.17. The Morgan fingerprint density at radius 3 is 2.33 bits per heavy atom. The van der Waals surface area contributed by atoms with Gasteiger partial charge in [0.1, 0.15) is 11.5 Å². The first-order chi connectivity index (χ1) is 13.2. The van der Waals surface area contributed by atoms with Gasteiger partial charge in [-0.3, -0.25) is 9.69 Å². The highest BCUT2D eigenvalue weighted by Gasteiger charge is 2.23. The van der Waals surface area contributed by atoms with E-state index in [2.05, 4.69) is 27.0 Å². The zero-order valence-electron chi connectivity index (χ0n) is 16.1. The van der Waals surface area contributed by atoms with Crippen molar-refractivity contribution in [3.63, 3.8) is 0 Å². The van der Waals surface area contributed by atoms with Gasteiger partial charge in [-0.2, -0.15) is 11.3 Å². The van der Waals surface area contributed by atoms with E-state index in [-0.39, 0.29) is 11.9 Å². The maximum atomic E-state index is 12.8. The van der Waals surface area contributed by atoms with Crippen molar-refractivity contribution in [3.05, 3.63) is 46.2 Å². The quantitative estimate of drug-likeness (QED) is 0.775. The summed E-state index contributed by atoms with van der Waals surface area (Å²) in [5.74, 6) is 1.12.